The predicted octanol–water partition coefficient (Wildman–Crippen LogP) is -0.256. The van der Waals surface area contributed by atoms with Gasteiger partial charge in [-0.1, -0.05) is 6.92 Å². The van der Waals surface area contributed by atoms with Crippen LogP contribution in [0.3, 0.4) is 0 Å². The molecule has 1 aromatic heterocycles. The van der Waals surface area contributed by atoms with Crippen molar-refractivity contribution >= 4 is 11.9 Å². The number of hydrogen-bond donors (Lipinski definition) is 2. The summed E-state index contributed by atoms with van der Waals surface area (Å²) < 4.78 is 5.44. The molecule has 0 amide bonds. The third kappa shape index (κ3) is 4.15. The van der Waals surface area contributed by atoms with Gasteiger partial charge in [-0.05, 0) is 26.9 Å². The molecule has 2 rings (SSSR count). The van der Waals surface area contributed by atoms with E-state index in [2.05, 4.69) is 19.9 Å². The Labute approximate surface area is 125 Å². The van der Waals surface area contributed by atoms with E-state index >= 15 is 0 Å². The lowest BCUT2D eigenvalue weighted by Gasteiger charge is -2.26. The summed E-state index contributed by atoms with van der Waals surface area (Å²) in [5.74, 6) is 0.605. The average Bonchev–Trinajstić information content (AvgIpc) is 2.75. The van der Waals surface area contributed by atoms with Crippen LogP contribution in [0.1, 0.15) is 19.8 Å². The third-order valence-electron chi connectivity index (χ3n) is 3.28. The maximum absolute atomic E-state index is 9.93. The molecule has 1 saturated heterocycles. The summed E-state index contributed by atoms with van der Waals surface area (Å²) in [6.07, 6.45) is 1.18. The van der Waals surface area contributed by atoms with Crippen LogP contribution in [0.4, 0.5) is 11.9 Å². The van der Waals surface area contributed by atoms with Crippen LogP contribution < -0.4 is 15.4 Å². The first kappa shape index (κ1) is 15.7. The Balaban J connectivity index is 2.20. The number of β-amino-alcohol motifs (C(OH)–C–C–N with tert-alkyl or cyclic N) is 1. The summed E-state index contributed by atoms with van der Waals surface area (Å²) in [4.78, 5) is 16.5. The number of nitrogens with two attached hydrogens (primary N) is 1. The lowest BCUT2D eigenvalue weighted by atomic mass is 10.2. The first-order chi connectivity index (χ1) is 9.99. The average molecular weight is 296 g/mol. The molecule has 1 aliphatic heterocycles. The number of anilines is 2. The van der Waals surface area contributed by atoms with Crippen molar-refractivity contribution in [1.82, 2.24) is 19.9 Å². The van der Waals surface area contributed by atoms with Gasteiger partial charge in [-0.3, -0.25) is 0 Å². The molecule has 0 spiro atoms. The van der Waals surface area contributed by atoms with Crippen LogP contribution in [0, 0.1) is 0 Å². The van der Waals surface area contributed by atoms with Gasteiger partial charge in [0.25, 0.3) is 0 Å². The van der Waals surface area contributed by atoms with Crippen LogP contribution in [0.15, 0.2) is 0 Å². The van der Waals surface area contributed by atoms with Crippen LogP contribution in [-0.2, 0) is 0 Å². The molecule has 2 heterocycles. The van der Waals surface area contributed by atoms with E-state index in [1.54, 1.807) is 0 Å². The van der Waals surface area contributed by atoms with Crippen LogP contribution in [0.5, 0.6) is 6.01 Å². The van der Waals surface area contributed by atoms with E-state index in [4.69, 9.17) is 10.5 Å². The van der Waals surface area contributed by atoms with E-state index < -0.39 is 0 Å². The fourth-order valence-electron chi connectivity index (χ4n) is 2.48. The minimum atomic E-state index is -0.382. The highest BCUT2D eigenvalue weighted by molar-refractivity contribution is 5.39. The third-order valence-corrected chi connectivity index (χ3v) is 3.28. The van der Waals surface area contributed by atoms with Crippen molar-refractivity contribution in [2.24, 2.45) is 0 Å². The zero-order valence-electron chi connectivity index (χ0n) is 12.9. The second-order valence-corrected chi connectivity index (χ2v) is 5.58. The number of aromatic nitrogens is 3. The minimum absolute atomic E-state index is 0.135. The van der Waals surface area contributed by atoms with Gasteiger partial charge in [0.05, 0.1) is 12.7 Å². The van der Waals surface area contributed by atoms with Gasteiger partial charge in [0.15, 0.2) is 0 Å². The standard InChI is InChI=1S/C13H24N6O2/c1-4-5-21-13-16-11(14)15-12(17-13)19-8-10(20)6-9(19)7-18(2)3/h9-10,20H,4-8H2,1-3H3,(H2,14,15,16,17). The lowest BCUT2D eigenvalue weighted by molar-refractivity contribution is 0.191. The number of likely N-dealkylation sites (N-methyl/N-ethyl adjacent to an activating group) is 1. The van der Waals surface area contributed by atoms with Gasteiger partial charge in [-0.15, -0.1) is 0 Å². The zero-order chi connectivity index (χ0) is 15.4. The van der Waals surface area contributed by atoms with Crippen molar-refractivity contribution in [2.45, 2.75) is 31.9 Å². The van der Waals surface area contributed by atoms with Crippen molar-refractivity contribution in [2.75, 3.05) is 44.4 Å². The Morgan fingerprint density at radius 3 is 2.81 bits per heavy atom. The predicted molar refractivity (Wildman–Crippen MR) is 80.3 cm³/mol. The van der Waals surface area contributed by atoms with Gasteiger partial charge in [0.1, 0.15) is 0 Å². The lowest BCUT2D eigenvalue weighted by Crippen LogP contribution is -2.38. The fourth-order valence-corrected chi connectivity index (χ4v) is 2.48. The van der Waals surface area contributed by atoms with E-state index in [0.29, 0.717) is 25.5 Å². The number of hydrogen-bond acceptors (Lipinski definition) is 8. The smallest absolute Gasteiger partial charge is 0.323 e. The van der Waals surface area contributed by atoms with Gasteiger partial charge >= 0.3 is 6.01 Å². The minimum Gasteiger partial charge on any atom is -0.463 e. The summed E-state index contributed by atoms with van der Waals surface area (Å²) in [7, 11) is 4.00. The van der Waals surface area contributed by atoms with Gasteiger partial charge in [-0.2, -0.15) is 15.0 Å². The van der Waals surface area contributed by atoms with E-state index in [1.165, 1.54) is 0 Å². The molecule has 0 saturated carbocycles. The highest BCUT2D eigenvalue weighted by atomic mass is 16.5. The first-order valence-corrected chi connectivity index (χ1v) is 7.23. The highest BCUT2D eigenvalue weighted by Crippen LogP contribution is 2.24. The normalized spacial score (nSPS) is 22.0. The number of rotatable bonds is 6. The van der Waals surface area contributed by atoms with E-state index in [9.17, 15) is 5.11 Å². The SMILES string of the molecule is CCCOc1nc(N)nc(N2CC(O)CC2CN(C)C)n1. The Bertz CT molecular complexity index is 470. The van der Waals surface area contributed by atoms with Crippen molar-refractivity contribution in [3.63, 3.8) is 0 Å². The van der Waals surface area contributed by atoms with Gasteiger partial charge in [0.2, 0.25) is 11.9 Å². The van der Waals surface area contributed by atoms with Gasteiger partial charge < -0.3 is 25.4 Å². The number of nitrogen functional groups attached to an aromatic ring is 1. The maximum atomic E-state index is 9.93. The molecule has 0 aliphatic carbocycles. The van der Waals surface area contributed by atoms with Crippen molar-refractivity contribution in [3.05, 3.63) is 0 Å². The molecule has 2 atom stereocenters. The molecule has 0 radical (unpaired) electrons. The van der Waals surface area contributed by atoms with E-state index in [0.717, 1.165) is 13.0 Å². The van der Waals surface area contributed by atoms with E-state index in [1.807, 2.05) is 25.9 Å². The topological polar surface area (TPSA) is 101 Å². The summed E-state index contributed by atoms with van der Waals surface area (Å²) >= 11 is 0. The molecular weight excluding hydrogens is 272 g/mol. The molecule has 1 aromatic rings. The van der Waals surface area contributed by atoms with Crippen molar-refractivity contribution < 1.29 is 9.84 Å². The molecule has 1 aliphatic rings. The Morgan fingerprint density at radius 2 is 2.14 bits per heavy atom. The summed E-state index contributed by atoms with van der Waals surface area (Å²) in [5, 5.41) is 9.93. The summed E-state index contributed by atoms with van der Waals surface area (Å²) in [5.41, 5.74) is 5.74. The zero-order valence-corrected chi connectivity index (χ0v) is 12.9. The fraction of sp³-hybridized carbons (Fsp3) is 0.769. The molecule has 0 bridgehead atoms. The van der Waals surface area contributed by atoms with Crippen molar-refractivity contribution in [1.29, 1.82) is 0 Å². The maximum Gasteiger partial charge on any atom is 0.323 e. The van der Waals surface area contributed by atoms with Crippen molar-refractivity contribution in [3.8, 4) is 6.01 Å². The Hall–Kier alpha value is -1.67. The molecule has 3 N–H and O–H groups in total. The van der Waals surface area contributed by atoms with Crippen LogP contribution in [0.25, 0.3) is 0 Å². The Morgan fingerprint density at radius 1 is 1.38 bits per heavy atom. The quantitative estimate of drug-likeness (QED) is 0.741. The second-order valence-electron chi connectivity index (χ2n) is 5.58. The number of aliphatic hydroxyl groups is 1. The largest absolute Gasteiger partial charge is 0.463 e. The second kappa shape index (κ2) is 6.86. The van der Waals surface area contributed by atoms with Crippen LogP contribution in [0.2, 0.25) is 0 Å². The van der Waals surface area contributed by atoms with Crippen LogP contribution in [-0.4, -0.2) is 70.9 Å². The van der Waals surface area contributed by atoms with Gasteiger partial charge in [0, 0.05) is 19.1 Å². The molecule has 0 aromatic carbocycles. The van der Waals surface area contributed by atoms with Gasteiger partial charge in [-0.25, -0.2) is 0 Å². The highest BCUT2D eigenvalue weighted by Gasteiger charge is 2.33. The van der Waals surface area contributed by atoms with E-state index in [-0.39, 0.29) is 24.1 Å². The molecular formula is C13H24N6O2. The molecule has 8 heteroatoms. The van der Waals surface area contributed by atoms with Crippen LogP contribution >= 0.6 is 0 Å². The molecule has 8 nitrogen and oxygen atoms in total. The molecule has 1 fully saturated rings. The molecule has 118 valence electrons. The number of ether oxygens (including phenoxy) is 1. The molecule has 2 unspecified atom stereocenters. The monoisotopic (exact) mass is 296 g/mol. The first-order valence-electron chi connectivity index (χ1n) is 7.23. The number of aliphatic hydroxyl groups excluding tert-OH is 1. The summed E-state index contributed by atoms with van der Waals surface area (Å²) in [6.45, 7) is 3.85. The number of nitrogens with zero attached hydrogens (tertiary/aromatic N) is 5. The Kier molecular flexibility index (Phi) is 5.13. The summed E-state index contributed by atoms with van der Waals surface area (Å²) in [6, 6.07) is 0.389. The molecule has 21 heavy (non-hydrogen) atoms.